The second-order valence-corrected chi connectivity index (χ2v) is 4.87. The Labute approximate surface area is 104 Å². The van der Waals surface area contributed by atoms with Crippen LogP contribution < -0.4 is 0 Å². The average Bonchev–Trinajstić information content (AvgIpc) is 2.20. The van der Waals surface area contributed by atoms with Crippen molar-refractivity contribution < 1.29 is 0 Å². The van der Waals surface area contributed by atoms with Gasteiger partial charge in [-0.05, 0) is 41.8 Å². The third-order valence-electron chi connectivity index (χ3n) is 2.38. The molecule has 2 aromatic carbocycles. The molecule has 0 saturated heterocycles. The van der Waals surface area contributed by atoms with E-state index in [0.29, 0.717) is 0 Å². The lowest BCUT2D eigenvalue weighted by molar-refractivity contribution is 1.39. The molecule has 0 heterocycles. The van der Waals surface area contributed by atoms with E-state index >= 15 is 0 Å². The summed E-state index contributed by atoms with van der Waals surface area (Å²) in [5, 5.41) is 0. The minimum absolute atomic E-state index is 1.02. The zero-order valence-electron chi connectivity index (χ0n) is 8.37. The summed E-state index contributed by atoms with van der Waals surface area (Å²) in [5.41, 5.74) is 3.68. The monoisotopic (exact) mass is 278 g/mol. The summed E-state index contributed by atoms with van der Waals surface area (Å²) < 4.78 is 1.11. The molecule has 0 aliphatic rings. The second kappa shape index (κ2) is 4.42. The van der Waals surface area contributed by atoms with Crippen molar-refractivity contribution in [1.29, 1.82) is 0 Å². The summed E-state index contributed by atoms with van der Waals surface area (Å²) in [7, 11) is 0. The fourth-order valence-corrected chi connectivity index (χ4v) is 2.39. The van der Waals surface area contributed by atoms with Gasteiger partial charge in [0.1, 0.15) is 0 Å². The molecule has 0 amide bonds. The van der Waals surface area contributed by atoms with Crippen molar-refractivity contribution >= 4 is 28.6 Å². The predicted octanol–water partition coefficient (Wildman–Crippen LogP) is 4.71. The molecule has 0 nitrogen and oxygen atoms in total. The molecule has 0 bridgehead atoms. The first-order valence-corrected chi connectivity index (χ1v) is 5.97. The van der Waals surface area contributed by atoms with Gasteiger partial charge in [-0.15, -0.1) is 12.6 Å². The molecule has 0 saturated carbocycles. The number of thiol groups is 1. The second-order valence-electron chi connectivity index (χ2n) is 3.48. The van der Waals surface area contributed by atoms with Crippen molar-refractivity contribution in [2.45, 2.75) is 11.8 Å². The van der Waals surface area contributed by atoms with E-state index in [9.17, 15) is 0 Å². The highest BCUT2D eigenvalue weighted by atomic mass is 79.9. The van der Waals surface area contributed by atoms with Gasteiger partial charge in [-0.1, -0.05) is 40.2 Å². The summed E-state index contributed by atoms with van der Waals surface area (Å²) in [6.07, 6.45) is 0. The zero-order chi connectivity index (χ0) is 10.8. The maximum Gasteiger partial charge on any atom is 0.0178 e. The molecule has 0 aromatic heterocycles. The van der Waals surface area contributed by atoms with Gasteiger partial charge in [-0.25, -0.2) is 0 Å². The molecule has 2 heteroatoms. The zero-order valence-corrected chi connectivity index (χ0v) is 10.8. The Morgan fingerprint density at radius 3 is 2.40 bits per heavy atom. The molecule has 0 N–H and O–H groups in total. The third-order valence-corrected chi connectivity index (χ3v) is 3.27. The van der Waals surface area contributed by atoms with Gasteiger partial charge >= 0.3 is 0 Å². The van der Waals surface area contributed by atoms with Crippen LogP contribution >= 0.6 is 28.6 Å². The summed E-state index contributed by atoms with van der Waals surface area (Å²) in [5.74, 6) is 0. The van der Waals surface area contributed by atoms with Crippen molar-refractivity contribution in [2.24, 2.45) is 0 Å². The van der Waals surface area contributed by atoms with Gasteiger partial charge in [0, 0.05) is 9.37 Å². The maximum atomic E-state index is 4.47. The fraction of sp³-hybridized carbons (Fsp3) is 0.0769. The van der Waals surface area contributed by atoms with Gasteiger partial charge in [0.2, 0.25) is 0 Å². The summed E-state index contributed by atoms with van der Waals surface area (Å²) in [6.45, 7) is 2.11. The van der Waals surface area contributed by atoms with Crippen LogP contribution in [0.2, 0.25) is 0 Å². The summed E-state index contributed by atoms with van der Waals surface area (Å²) >= 11 is 7.94. The van der Waals surface area contributed by atoms with Crippen LogP contribution in [0.1, 0.15) is 5.56 Å². The van der Waals surface area contributed by atoms with Crippen molar-refractivity contribution in [3.05, 3.63) is 52.5 Å². The van der Waals surface area contributed by atoms with Crippen molar-refractivity contribution in [3.8, 4) is 11.1 Å². The van der Waals surface area contributed by atoms with Gasteiger partial charge < -0.3 is 0 Å². The number of halogens is 1. The lowest BCUT2D eigenvalue weighted by atomic mass is 10.0. The molecule has 0 spiro atoms. The normalized spacial score (nSPS) is 10.3. The summed E-state index contributed by atoms with van der Waals surface area (Å²) in [4.78, 5) is 1.02. The van der Waals surface area contributed by atoms with E-state index in [1.807, 2.05) is 18.2 Å². The summed E-state index contributed by atoms with van der Waals surface area (Å²) in [6, 6.07) is 14.4. The Hall–Kier alpha value is -0.730. The average molecular weight is 279 g/mol. The maximum absolute atomic E-state index is 4.47. The van der Waals surface area contributed by atoms with Gasteiger partial charge in [0.15, 0.2) is 0 Å². The topological polar surface area (TPSA) is 0 Å². The Morgan fingerprint density at radius 2 is 1.73 bits per heavy atom. The molecule has 0 unspecified atom stereocenters. The quantitative estimate of drug-likeness (QED) is 0.718. The molecular formula is C13H11BrS. The van der Waals surface area contributed by atoms with Gasteiger partial charge in [-0.2, -0.15) is 0 Å². The van der Waals surface area contributed by atoms with Crippen LogP contribution in [-0.2, 0) is 0 Å². The SMILES string of the molecule is Cc1cc(Br)ccc1-c1ccccc1S. The molecule has 0 aliphatic heterocycles. The van der Waals surface area contributed by atoms with E-state index in [0.717, 1.165) is 9.37 Å². The fourth-order valence-electron chi connectivity index (χ4n) is 1.63. The molecule has 0 atom stereocenters. The molecule has 2 rings (SSSR count). The lowest BCUT2D eigenvalue weighted by Crippen LogP contribution is -1.84. The van der Waals surface area contributed by atoms with Crippen molar-refractivity contribution in [2.75, 3.05) is 0 Å². The van der Waals surface area contributed by atoms with Crippen LogP contribution in [-0.4, -0.2) is 0 Å². The first-order valence-electron chi connectivity index (χ1n) is 4.73. The van der Waals surface area contributed by atoms with Crippen LogP contribution in [0.3, 0.4) is 0 Å². The first kappa shape index (κ1) is 10.8. The van der Waals surface area contributed by atoms with E-state index in [1.54, 1.807) is 0 Å². The largest absolute Gasteiger partial charge is 0.143 e. The molecule has 2 aromatic rings. The van der Waals surface area contributed by atoms with Gasteiger partial charge in [-0.3, -0.25) is 0 Å². The molecule has 76 valence electrons. The molecule has 0 fully saturated rings. The predicted molar refractivity (Wildman–Crippen MR) is 71.6 cm³/mol. The third kappa shape index (κ3) is 2.27. The smallest absolute Gasteiger partial charge is 0.0178 e. The minimum Gasteiger partial charge on any atom is -0.143 e. The van der Waals surface area contributed by atoms with Crippen LogP contribution in [0.4, 0.5) is 0 Å². The van der Waals surface area contributed by atoms with Gasteiger partial charge in [0.25, 0.3) is 0 Å². The highest BCUT2D eigenvalue weighted by Crippen LogP contribution is 2.30. The highest BCUT2D eigenvalue weighted by molar-refractivity contribution is 9.10. The van der Waals surface area contributed by atoms with E-state index in [1.165, 1.54) is 16.7 Å². The van der Waals surface area contributed by atoms with E-state index in [4.69, 9.17) is 0 Å². The van der Waals surface area contributed by atoms with E-state index in [-0.39, 0.29) is 0 Å². The number of rotatable bonds is 1. The molecule has 0 radical (unpaired) electrons. The molecular weight excluding hydrogens is 268 g/mol. The standard InChI is InChI=1S/C13H11BrS/c1-9-8-10(14)6-7-11(9)12-4-2-3-5-13(12)15/h2-8,15H,1H3. The first-order chi connectivity index (χ1) is 7.18. The van der Waals surface area contributed by atoms with Crippen LogP contribution in [0.15, 0.2) is 51.8 Å². The van der Waals surface area contributed by atoms with Crippen LogP contribution in [0, 0.1) is 6.92 Å². The number of aryl methyl sites for hydroxylation is 1. The van der Waals surface area contributed by atoms with Crippen LogP contribution in [0.5, 0.6) is 0 Å². The Balaban J connectivity index is 2.60. The Bertz CT molecular complexity index is 492. The lowest BCUT2D eigenvalue weighted by Gasteiger charge is -2.08. The Morgan fingerprint density at radius 1 is 1.00 bits per heavy atom. The minimum atomic E-state index is 1.02. The molecule has 15 heavy (non-hydrogen) atoms. The number of hydrogen-bond acceptors (Lipinski definition) is 1. The Kier molecular flexibility index (Phi) is 3.17. The van der Waals surface area contributed by atoms with Crippen molar-refractivity contribution in [3.63, 3.8) is 0 Å². The van der Waals surface area contributed by atoms with Gasteiger partial charge in [0.05, 0.1) is 0 Å². The highest BCUT2D eigenvalue weighted by Gasteiger charge is 2.04. The number of hydrogen-bond donors (Lipinski definition) is 1. The van der Waals surface area contributed by atoms with Crippen molar-refractivity contribution in [1.82, 2.24) is 0 Å². The van der Waals surface area contributed by atoms with E-state index < -0.39 is 0 Å². The number of benzene rings is 2. The van der Waals surface area contributed by atoms with Crippen LogP contribution in [0.25, 0.3) is 11.1 Å². The molecule has 0 aliphatic carbocycles. The van der Waals surface area contributed by atoms with E-state index in [2.05, 4.69) is 59.7 Å².